The van der Waals surface area contributed by atoms with Gasteiger partial charge < -0.3 is 14.2 Å². The summed E-state index contributed by atoms with van der Waals surface area (Å²) in [5.41, 5.74) is -1.32. The normalized spacial score (nSPS) is 15.1. The van der Waals surface area contributed by atoms with Gasteiger partial charge in [-0.15, -0.1) is 0 Å². The van der Waals surface area contributed by atoms with Crippen LogP contribution in [0.5, 0.6) is 0 Å². The van der Waals surface area contributed by atoms with Crippen LogP contribution in [0.25, 0.3) is 0 Å². The zero-order chi connectivity index (χ0) is 14.3. The summed E-state index contributed by atoms with van der Waals surface area (Å²) in [6, 6.07) is 0. The van der Waals surface area contributed by atoms with E-state index in [1.807, 2.05) is 0 Å². The molecule has 0 amide bonds. The first kappa shape index (κ1) is 16.0. The molecule has 110 valence electrons. The third kappa shape index (κ3) is 4.20. The van der Waals surface area contributed by atoms with Gasteiger partial charge in [-0.1, -0.05) is 6.92 Å². The molecule has 0 N–H and O–H groups in total. The molecule has 0 radical (unpaired) electrons. The summed E-state index contributed by atoms with van der Waals surface area (Å²) in [5.74, 6) is -0.516. The van der Waals surface area contributed by atoms with Gasteiger partial charge in [-0.2, -0.15) is 0 Å². The lowest BCUT2D eigenvalue weighted by Crippen LogP contribution is -2.45. The van der Waals surface area contributed by atoms with Crippen molar-refractivity contribution in [2.75, 3.05) is 26.4 Å². The second kappa shape index (κ2) is 7.48. The van der Waals surface area contributed by atoms with Crippen molar-refractivity contribution in [2.24, 2.45) is 11.3 Å². The van der Waals surface area contributed by atoms with Crippen LogP contribution in [0, 0.1) is 11.3 Å². The van der Waals surface area contributed by atoms with Crippen LogP contribution in [0.15, 0.2) is 0 Å². The van der Waals surface area contributed by atoms with E-state index in [4.69, 9.17) is 14.2 Å². The van der Waals surface area contributed by atoms with E-state index in [0.717, 1.165) is 12.8 Å². The van der Waals surface area contributed by atoms with E-state index in [0.29, 0.717) is 18.9 Å². The minimum absolute atomic E-state index is 0.0394. The van der Waals surface area contributed by atoms with Gasteiger partial charge in [0.05, 0.1) is 19.8 Å². The molecule has 0 unspecified atom stereocenters. The Morgan fingerprint density at radius 1 is 1.05 bits per heavy atom. The summed E-state index contributed by atoms with van der Waals surface area (Å²) in [5, 5.41) is 0. The van der Waals surface area contributed by atoms with Crippen molar-refractivity contribution in [1.29, 1.82) is 0 Å². The number of hydrogen-bond acceptors (Lipinski definition) is 5. The maximum absolute atomic E-state index is 12.1. The summed E-state index contributed by atoms with van der Waals surface area (Å²) in [7, 11) is 0. The molecule has 1 fully saturated rings. The highest BCUT2D eigenvalue weighted by atomic mass is 16.6. The topological polar surface area (TPSA) is 61.8 Å². The maximum atomic E-state index is 12.1. The molecule has 0 aromatic heterocycles. The van der Waals surface area contributed by atoms with Crippen molar-refractivity contribution in [3.05, 3.63) is 0 Å². The number of carbonyl (C=O) groups is 2. The minimum Gasteiger partial charge on any atom is -0.465 e. The predicted molar refractivity (Wildman–Crippen MR) is 69.5 cm³/mol. The van der Waals surface area contributed by atoms with E-state index in [9.17, 15) is 9.59 Å². The molecule has 0 aromatic carbocycles. The van der Waals surface area contributed by atoms with Crippen molar-refractivity contribution in [3.8, 4) is 0 Å². The van der Waals surface area contributed by atoms with Crippen molar-refractivity contribution in [1.82, 2.24) is 0 Å². The van der Waals surface area contributed by atoms with Crippen LogP contribution in [0.2, 0.25) is 0 Å². The first-order valence-electron chi connectivity index (χ1n) is 7.02. The van der Waals surface area contributed by atoms with Gasteiger partial charge in [-0.25, -0.2) is 0 Å². The van der Waals surface area contributed by atoms with Crippen molar-refractivity contribution >= 4 is 11.9 Å². The Morgan fingerprint density at radius 3 is 1.95 bits per heavy atom. The molecule has 0 aromatic rings. The van der Waals surface area contributed by atoms with Gasteiger partial charge >= 0.3 is 11.9 Å². The Labute approximate surface area is 114 Å². The molecule has 5 nitrogen and oxygen atoms in total. The van der Waals surface area contributed by atoms with E-state index in [-0.39, 0.29) is 19.8 Å². The first-order valence-corrected chi connectivity index (χ1v) is 7.02. The number of rotatable bonds is 9. The number of carbonyl (C=O) groups excluding carboxylic acids is 2. The molecule has 0 atom stereocenters. The molecule has 0 bridgehead atoms. The highest BCUT2D eigenvalue weighted by Crippen LogP contribution is 2.31. The lowest BCUT2D eigenvalue weighted by molar-refractivity contribution is -0.177. The lowest BCUT2D eigenvalue weighted by atomic mass is 9.86. The fourth-order valence-corrected chi connectivity index (χ4v) is 1.81. The highest BCUT2D eigenvalue weighted by molar-refractivity contribution is 6.00. The van der Waals surface area contributed by atoms with Gasteiger partial charge in [-0.05, 0) is 39.0 Å². The second-order valence-electron chi connectivity index (χ2n) is 4.84. The zero-order valence-electron chi connectivity index (χ0n) is 12.1. The van der Waals surface area contributed by atoms with E-state index < -0.39 is 17.4 Å². The molecule has 19 heavy (non-hydrogen) atoms. The Morgan fingerprint density at radius 2 is 1.58 bits per heavy atom. The van der Waals surface area contributed by atoms with E-state index in [2.05, 4.69) is 0 Å². The third-order valence-electron chi connectivity index (χ3n) is 3.33. The van der Waals surface area contributed by atoms with Gasteiger partial charge in [0.1, 0.15) is 0 Å². The fraction of sp³-hybridized carbons (Fsp3) is 0.857. The molecule has 1 rings (SSSR count). The SMILES string of the molecule is CCOC(=O)C(CC)(COCC1CC1)C(=O)OCC. The molecule has 1 aliphatic rings. The summed E-state index contributed by atoms with van der Waals surface area (Å²) >= 11 is 0. The summed E-state index contributed by atoms with van der Waals surface area (Å²) in [4.78, 5) is 24.2. The number of hydrogen-bond donors (Lipinski definition) is 0. The third-order valence-corrected chi connectivity index (χ3v) is 3.33. The maximum Gasteiger partial charge on any atom is 0.325 e. The van der Waals surface area contributed by atoms with Gasteiger partial charge in [0.25, 0.3) is 0 Å². The van der Waals surface area contributed by atoms with Crippen molar-refractivity contribution in [2.45, 2.75) is 40.0 Å². The van der Waals surface area contributed by atoms with Crippen LogP contribution in [-0.2, 0) is 23.8 Å². The number of ether oxygens (including phenoxy) is 3. The molecule has 1 saturated carbocycles. The van der Waals surface area contributed by atoms with Crippen LogP contribution in [0.1, 0.15) is 40.0 Å². The van der Waals surface area contributed by atoms with E-state index in [1.165, 1.54) is 0 Å². The van der Waals surface area contributed by atoms with Crippen LogP contribution >= 0.6 is 0 Å². The molecule has 1 aliphatic carbocycles. The molecule has 0 heterocycles. The Balaban J connectivity index is 2.70. The standard InChI is InChI=1S/C14H24O5/c1-4-14(12(15)18-5-2,13(16)19-6-3)10-17-9-11-7-8-11/h11H,4-10H2,1-3H3. The zero-order valence-corrected chi connectivity index (χ0v) is 12.1. The van der Waals surface area contributed by atoms with Crippen LogP contribution in [-0.4, -0.2) is 38.4 Å². The Kier molecular flexibility index (Phi) is 6.28. The van der Waals surface area contributed by atoms with Gasteiger partial charge in [0, 0.05) is 6.61 Å². The van der Waals surface area contributed by atoms with Gasteiger partial charge in [0.15, 0.2) is 5.41 Å². The van der Waals surface area contributed by atoms with Crippen molar-refractivity contribution < 1.29 is 23.8 Å². The molecular formula is C14H24O5. The molecule has 0 saturated heterocycles. The summed E-state index contributed by atoms with van der Waals surface area (Å²) in [6.07, 6.45) is 2.64. The van der Waals surface area contributed by atoms with E-state index in [1.54, 1.807) is 20.8 Å². The first-order chi connectivity index (χ1) is 9.10. The van der Waals surface area contributed by atoms with Crippen LogP contribution in [0.4, 0.5) is 0 Å². The lowest BCUT2D eigenvalue weighted by Gasteiger charge is -2.27. The molecule has 0 aliphatic heterocycles. The molecular weight excluding hydrogens is 248 g/mol. The van der Waals surface area contributed by atoms with Crippen LogP contribution < -0.4 is 0 Å². The summed E-state index contributed by atoms with van der Waals surface area (Å²) < 4.78 is 15.6. The largest absolute Gasteiger partial charge is 0.465 e. The van der Waals surface area contributed by atoms with Crippen LogP contribution in [0.3, 0.4) is 0 Å². The van der Waals surface area contributed by atoms with Crippen molar-refractivity contribution in [3.63, 3.8) is 0 Å². The predicted octanol–water partition coefficient (Wildman–Crippen LogP) is 1.94. The van der Waals surface area contributed by atoms with E-state index >= 15 is 0 Å². The minimum atomic E-state index is -1.32. The Hall–Kier alpha value is -1.10. The fourth-order valence-electron chi connectivity index (χ4n) is 1.81. The quantitative estimate of drug-likeness (QED) is 0.474. The average molecular weight is 272 g/mol. The molecule has 0 spiro atoms. The molecule has 5 heteroatoms. The summed E-state index contributed by atoms with van der Waals surface area (Å²) in [6.45, 7) is 6.32. The average Bonchev–Trinajstić information content (AvgIpc) is 3.19. The highest BCUT2D eigenvalue weighted by Gasteiger charge is 2.48. The number of esters is 2. The van der Waals surface area contributed by atoms with Gasteiger partial charge in [0.2, 0.25) is 0 Å². The van der Waals surface area contributed by atoms with Gasteiger partial charge in [-0.3, -0.25) is 9.59 Å². The smallest absolute Gasteiger partial charge is 0.325 e. The monoisotopic (exact) mass is 272 g/mol. The second-order valence-corrected chi connectivity index (χ2v) is 4.84. The Bertz CT molecular complexity index is 291.